The molecule has 2 N–H and O–H groups in total. The molecule has 4 heteroatoms. The Labute approximate surface area is 119 Å². The van der Waals surface area contributed by atoms with Gasteiger partial charge in [-0.05, 0) is 48.9 Å². The lowest BCUT2D eigenvalue weighted by Crippen LogP contribution is -2.36. The van der Waals surface area contributed by atoms with Gasteiger partial charge in [0.05, 0.1) is 6.10 Å². The molecule has 4 nitrogen and oxygen atoms in total. The second-order valence-corrected chi connectivity index (χ2v) is 5.75. The largest absolute Gasteiger partial charge is 0.484 e. The number of amides is 1. The molecule has 0 aromatic heterocycles. The van der Waals surface area contributed by atoms with E-state index in [1.165, 1.54) is 12.8 Å². The van der Waals surface area contributed by atoms with Crippen molar-refractivity contribution in [2.24, 2.45) is 0 Å². The number of rotatable bonds is 4. The standard InChI is InChI=1S/C16H21NO3/c18-15-8-5-11-9-13(6-7-14(11)15)20-10-16(19)17-12-3-1-2-4-12/h6-7,9,12,15,18H,1-5,8,10H2,(H,17,19)/t15-/m1/s1. The van der Waals surface area contributed by atoms with E-state index in [1.54, 1.807) is 0 Å². The third-order valence-electron chi connectivity index (χ3n) is 4.25. The zero-order chi connectivity index (χ0) is 13.9. The minimum atomic E-state index is -0.343. The van der Waals surface area contributed by atoms with Gasteiger partial charge in [0.1, 0.15) is 5.75 Å². The van der Waals surface area contributed by atoms with E-state index in [0.717, 1.165) is 36.8 Å². The van der Waals surface area contributed by atoms with Gasteiger partial charge >= 0.3 is 0 Å². The van der Waals surface area contributed by atoms with Crippen LogP contribution in [0.1, 0.15) is 49.3 Å². The van der Waals surface area contributed by atoms with Crippen LogP contribution in [0.15, 0.2) is 18.2 Å². The number of aliphatic hydroxyl groups excluding tert-OH is 1. The zero-order valence-corrected chi connectivity index (χ0v) is 11.6. The summed E-state index contributed by atoms with van der Waals surface area (Å²) in [4.78, 5) is 11.8. The van der Waals surface area contributed by atoms with Crippen molar-refractivity contribution in [2.45, 2.75) is 50.7 Å². The number of benzene rings is 1. The SMILES string of the molecule is O=C(COc1ccc2c(c1)CC[C@H]2O)NC1CCCC1. The smallest absolute Gasteiger partial charge is 0.258 e. The molecule has 1 fully saturated rings. The van der Waals surface area contributed by atoms with Crippen molar-refractivity contribution < 1.29 is 14.6 Å². The van der Waals surface area contributed by atoms with Crippen LogP contribution in [0.3, 0.4) is 0 Å². The Bertz CT molecular complexity index is 494. The summed E-state index contributed by atoms with van der Waals surface area (Å²) >= 11 is 0. The van der Waals surface area contributed by atoms with Crippen LogP contribution >= 0.6 is 0 Å². The number of hydrogen-bond donors (Lipinski definition) is 2. The molecule has 0 unspecified atom stereocenters. The first-order chi connectivity index (χ1) is 9.72. The molecule has 1 atom stereocenters. The molecule has 1 aromatic carbocycles. The molecule has 0 radical (unpaired) electrons. The molecule has 0 saturated heterocycles. The van der Waals surface area contributed by atoms with Crippen LogP contribution in [0.5, 0.6) is 5.75 Å². The lowest BCUT2D eigenvalue weighted by atomic mass is 10.1. The van der Waals surface area contributed by atoms with Crippen LogP contribution in [0.4, 0.5) is 0 Å². The average Bonchev–Trinajstić information content (AvgIpc) is 3.07. The lowest BCUT2D eigenvalue weighted by Gasteiger charge is -2.13. The predicted molar refractivity (Wildman–Crippen MR) is 75.6 cm³/mol. The van der Waals surface area contributed by atoms with Crippen LogP contribution in [0.25, 0.3) is 0 Å². The van der Waals surface area contributed by atoms with Crippen molar-refractivity contribution in [2.75, 3.05) is 6.61 Å². The molecule has 0 spiro atoms. The van der Waals surface area contributed by atoms with Gasteiger partial charge < -0.3 is 15.2 Å². The molecule has 108 valence electrons. The van der Waals surface area contributed by atoms with Gasteiger partial charge in [-0.15, -0.1) is 0 Å². The molecule has 2 aliphatic carbocycles. The van der Waals surface area contributed by atoms with Gasteiger partial charge in [-0.1, -0.05) is 18.9 Å². The first-order valence-electron chi connectivity index (χ1n) is 7.45. The zero-order valence-electron chi connectivity index (χ0n) is 11.6. The third kappa shape index (κ3) is 2.96. The minimum absolute atomic E-state index is 0.0440. The van der Waals surface area contributed by atoms with Gasteiger partial charge in [-0.25, -0.2) is 0 Å². The van der Waals surface area contributed by atoms with Crippen LogP contribution in [0, 0.1) is 0 Å². The summed E-state index contributed by atoms with van der Waals surface area (Å²) in [7, 11) is 0. The van der Waals surface area contributed by atoms with Gasteiger partial charge in [-0.2, -0.15) is 0 Å². The van der Waals surface area contributed by atoms with Gasteiger partial charge in [-0.3, -0.25) is 4.79 Å². The van der Waals surface area contributed by atoms with Crippen LogP contribution < -0.4 is 10.1 Å². The molecule has 0 heterocycles. The number of hydrogen-bond acceptors (Lipinski definition) is 3. The number of nitrogens with one attached hydrogen (secondary N) is 1. The third-order valence-corrected chi connectivity index (χ3v) is 4.25. The van der Waals surface area contributed by atoms with E-state index >= 15 is 0 Å². The maximum absolute atomic E-state index is 11.8. The fourth-order valence-corrected chi connectivity index (χ4v) is 3.15. The Balaban J connectivity index is 1.52. The fourth-order valence-electron chi connectivity index (χ4n) is 3.15. The van der Waals surface area contributed by atoms with E-state index in [-0.39, 0.29) is 18.6 Å². The molecule has 3 rings (SSSR count). The van der Waals surface area contributed by atoms with Crippen molar-refractivity contribution >= 4 is 5.91 Å². The molecule has 2 aliphatic rings. The molecule has 0 aliphatic heterocycles. The summed E-state index contributed by atoms with van der Waals surface area (Å²) in [5.74, 6) is 0.664. The van der Waals surface area contributed by atoms with Crippen molar-refractivity contribution in [1.82, 2.24) is 5.32 Å². The number of ether oxygens (including phenoxy) is 1. The van der Waals surface area contributed by atoms with Gasteiger partial charge in [0.25, 0.3) is 5.91 Å². The quantitative estimate of drug-likeness (QED) is 0.884. The van der Waals surface area contributed by atoms with E-state index in [2.05, 4.69) is 5.32 Å². The number of aryl methyl sites for hydroxylation is 1. The highest BCUT2D eigenvalue weighted by molar-refractivity contribution is 5.77. The van der Waals surface area contributed by atoms with E-state index < -0.39 is 0 Å². The van der Waals surface area contributed by atoms with Crippen molar-refractivity contribution in [3.05, 3.63) is 29.3 Å². The average molecular weight is 275 g/mol. The number of fused-ring (bicyclic) bond motifs is 1. The summed E-state index contributed by atoms with van der Waals surface area (Å²) in [5, 5.41) is 12.7. The predicted octanol–water partition coefficient (Wildman–Crippen LogP) is 2.10. The highest BCUT2D eigenvalue weighted by Crippen LogP contribution is 2.33. The number of carbonyl (C=O) groups excluding carboxylic acids is 1. The van der Waals surface area contributed by atoms with Crippen LogP contribution in [0.2, 0.25) is 0 Å². The highest BCUT2D eigenvalue weighted by Gasteiger charge is 2.21. The van der Waals surface area contributed by atoms with Crippen molar-refractivity contribution in [1.29, 1.82) is 0 Å². The molecular formula is C16H21NO3. The Morgan fingerprint density at radius 1 is 1.30 bits per heavy atom. The molecule has 20 heavy (non-hydrogen) atoms. The Kier molecular flexibility index (Phi) is 3.92. The minimum Gasteiger partial charge on any atom is -0.484 e. The maximum Gasteiger partial charge on any atom is 0.258 e. The Morgan fingerprint density at radius 3 is 2.90 bits per heavy atom. The second kappa shape index (κ2) is 5.83. The summed E-state index contributed by atoms with van der Waals surface area (Å²) < 4.78 is 5.54. The second-order valence-electron chi connectivity index (χ2n) is 5.75. The molecule has 1 aromatic rings. The van der Waals surface area contributed by atoms with Crippen molar-refractivity contribution in [3.63, 3.8) is 0 Å². The van der Waals surface area contributed by atoms with E-state index in [4.69, 9.17) is 4.74 Å². The van der Waals surface area contributed by atoms with Gasteiger partial charge in [0.2, 0.25) is 0 Å². The van der Waals surface area contributed by atoms with E-state index in [1.807, 2.05) is 18.2 Å². The first-order valence-corrected chi connectivity index (χ1v) is 7.45. The summed E-state index contributed by atoms with van der Waals surface area (Å²) in [6.45, 7) is 0.0673. The van der Waals surface area contributed by atoms with Crippen molar-refractivity contribution in [3.8, 4) is 5.75 Å². The monoisotopic (exact) mass is 275 g/mol. The lowest BCUT2D eigenvalue weighted by molar-refractivity contribution is -0.123. The summed E-state index contributed by atoms with van der Waals surface area (Å²) in [6.07, 6.45) is 5.90. The number of aliphatic hydroxyl groups is 1. The van der Waals surface area contributed by atoms with Gasteiger partial charge in [0, 0.05) is 6.04 Å². The number of carbonyl (C=O) groups is 1. The van der Waals surface area contributed by atoms with E-state index in [9.17, 15) is 9.90 Å². The first kappa shape index (κ1) is 13.4. The molecule has 1 saturated carbocycles. The maximum atomic E-state index is 11.8. The fraction of sp³-hybridized carbons (Fsp3) is 0.562. The Morgan fingerprint density at radius 2 is 2.10 bits per heavy atom. The van der Waals surface area contributed by atoms with Crippen LogP contribution in [-0.4, -0.2) is 23.7 Å². The highest BCUT2D eigenvalue weighted by atomic mass is 16.5. The Hall–Kier alpha value is -1.55. The molecular weight excluding hydrogens is 254 g/mol. The van der Waals surface area contributed by atoms with Crippen LogP contribution in [-0.2, 0) is 11.2 Å². The topological polar surface area (TPSA) is 58.6 Å². The molecule has 0 bridgehead atoms. The summed E-state index contributed by atoms with van der Waals surface area (Å²) in [6, 6.07) is 6.00. The summed E-state index contributed by atoms with van der Waals surface area (Å²) in [5.41, 5.74) is 2.12. The normalized spacial score (nSPS) is 21.8. The molecule has 1 amide bonds. The van der Waals surface area contributed by atoms with Gasteiger partial charge in [0.15, 0.2) is 6.61 Å². The van der Waals surface area contributed by atoms with E-state index in [0.29, 0.717) is 11.8 Å².